The Morgan fingerprint density at radius 2 is 2.13 bits per heavy atom. The highest BCUT2D eigenvalue weighted by atomic mass is 16.5. The maximum Gasteiger partial charge on any atom is 0.258 e. The van der Waals surface area contributed by atoms with Crippen LogP contribution in [0.4, 0.5) is 0 Å². The molecule has 0 bridgehead atoms. The van der Waals surface area contributed by atoms with Crippen molar-refractivity contribution in [2.24, 2.45) is 0 Å². The summed E-state index contributed by atoms with van der Waals surface area (Å²) in [6, 6.07) is 5.22. The van der Waals surface area contributed by atoms with Crippen LogP contribution in [-0.2, 0) is 14.4 Å². The monoisotopic (exact) mass is 318 g/mol. The first-order valence-corrected chi connectivity index (χ1v) is 7.73. The second kappa shape index (κ2) is 7.26. The molecule has 0 aromatic heterocycles. The molecule has 6 heteroatoms. The number of benzene rings is 1. The molecular weight excluding hydrogens is 296 g/mol. The molecule has 124 valence electrons. The first-order chi connectivity index (χ1) is 10.9. The molecule has 0 saturated carbocycles. The van der Waals surface area contributed by atoms with Gasteiger partial charge in [0.2, 0.25) is 11.8 Å². The number of hydrogen-bond acceptors (Lipinski definition) is 4. The second-order valence-corrected chi connectivity index (χ2v) is 6.06. The third-order valence-electron chi connectivity index (χ3n) is 3.72. The van der Waals surface area contributed by atoms with E-state index in [-0.39, 0.29) is 30.8 Å². The molecule has 1 heterocycles. The van der Waals surface area contributed by atoms with Crippen molar-refractivity contribution < 1.29 is 19.1 Å². The lowest BCUT2D eigenvalue weighted by atomic mass is 10.0. The maximum absolute atomic E-state index is 12.0. The molecule has 0 spiro atoms. The topological polar surface area (TPSA) is 84.5 Å². The third kappa shape index (κ3) is 4.55. The van der Waals surface area contributed by atoms with E-state index in [0.29, 0.717) is 12.2 Å². The number of carbonyl (C=O) groups excluding carboxylic acids is 3. The summed E-state index contributed by atoms with van der Waals surface area (Å²) in [6.07, 6.45) is 0.547. The summed E-state index contributed by atoms with van der Waals surface area (Å²) in [4.78, 5) is 34.7. The summed E-state index contributed by atoms with van der Waals surface area (Å²) in [6.45, 7) is 5.91. The third-order valence-corrected chi connectivity index (χ3v) is 3.72. The highest BCUT2D eigenvalue weighted by Crippen LogP contribution is 2.27. The minimum atomic E-state index is -0.675. The molecule has 1 aliphatic heterocycles. The fourth-order valence-electron chi connectivity index (χ4n) is 2.45. The molecule has 23 heavy (non-hydrogen) atoms. The molecule has 1 aliphatic rings. The number of nitrogens with one attached hydrogen (secondary N) is 2. The summed E-state index contributed by atoms with van der Waals surface area (Å²) in [5.41, 5.74) is 2.08. The van der Waals surface area contributed by atoms with Gasteiger partial charge < -0.3 is 10.1 Å². The molecule has 1 aromatic carbocycles. The first-order valence-electron chi connectivity index (χ1n) is 7.73. The molecule has 1 aromatic rings. The summed E-state index contributed by atoms with van der Waals surface area (Å²) in [5.74, 6) is -0.191. The van der Waals surface area contributed by atoms with Crippen LogP contribution in [0, 0.1) is 6.92 Å². The van der Waals surface area contributed by atoms with Crippen molar-refractivity contribution in [2.45, 2.75) is 45.6 Å². The Labute approximate surface area is 135 Å². The lowest BCUT2D eigenvalue weighted by Crippen LogP contribution is -2.53. The second-order valence-electron chi connectivity index (χ2n) is 6.06. The molecule has 1 atom stereocenters. The molecule has 1 saturated heterocycles. The zero-order chi connectivity index (χ0) is 17.0. The predicted octanol–water partition coefficient (Wildman–Crippen LogP) is 1.42. The van der Waals surface area contributed by atoms with Crippen LogP contribution >= 0.6 is 0 Å². The fourth-order valence-corrected chi connectivity index (χ4v) is 2.45. The number of rotatable bonds is 5. The largest absolute Gasteiger partial charge is 0.483 e. The quantitative estimate of drug-likeness (QED) is 0.804. The Bertz CT molecular complexity index is 625. The van der Waals surface area contributed by atoms with Crippen LogP contribution in [0.5, 0.6) is 5.75 Å². The lowest BCUT2D eigenvalue weighted by molar-refractivity contribution is -0.137. The maximum atomic E-state index is 12.0. The Balaban J connectivity index is 1.93. The molecule has 2 N–H and O–H groups in total. The van der Waals surface area contributed by atoms with E-state index in [1.807, 2.05) is 25.1 Å². The van der Waals surface area contributed by atoms with Gasteiger partial charge in [-0.05, 0) is 36.5 Å². The Morgan fingerprint density at radius 1 is 1.39 bits per heavy atom. The molecule has 0 aliphatic carbocycles. The van der Waals surface area contributed by atoms with E-state index >= 15 is 0 Å². The smallest absolute Gasteiger partial charge is 0.258 e. The van der Waals surface area contributed by atoms with Crippen LogP contribution in [-0.4, -0.2) is 30.4 Å². The Kier molecular flexibility index (Phi) is 5.36. The van der Waals surface area contributed by atoms with Gasteiger partial charge in [0.15, 0.2) is 6.61 Å². The number of carbonyl (C=O) groups is 3. The van der Waals surface area contributed by atoms with Gasteiger partial charge in [-0.3, -0.25) is 19.7 Å². The highest BCUT2D eigenvalue weighted by molar-refractivity contribution is 6.01. The number of imide groups is 1. The van der Waals surface area contributed by atoms with Crippen molar-refractivity contribution in [3.05, 3.63) is 29.3 Å². The molecule has 1 fully saturated rings. The van der Waals surface area contributed by atoms with Crippen molar-refractivity contribution in [3.8, 4) is 5.75 Å². The van der Waals surface area contributed by atoms with Gasteiger partial charge in [0.05, 0.1) is 0 Å². The molecule has 3 amide bonds. The van der Waals surface area contributed by atoms with Crippen molar-refractivity contribution in [1.82, 2.24) is 10.6 Å². The van der Waals surface area contributed by atoms with Gasteiger partial charge in [-0.25, -0.2) is 0 Å². The normalized spacial score (nSPS) is 17.8. The van der Waals surface area contributed by atoms with Crippen molar-refractivity contribution >= 4 is 17.7 Å². The van der Waals surface area contributed by atoms with E-state index in [1.165, 1.54) is 0 Å². The Morgan fingerprint density at radius 3 is 2.78 bits per heavy atom. The van der Waals surface area contributed by atoms with Crippen LogP contribution in [0.25, 0.3) is 0 Å². The molecule has 6 nitrogen and oxygen atoms in total. The standard InChI is InChI=1S/C17H22N2O4/c1-10(2)12-5-4-11(3)8-14(12)23-9-16(21)18-13-6-7-15(20)19-17(13)22/h4-5,8,10,13H,6-7,9H2,1-3H3,(H,18,21)(H,19,20,22). The van der Waals surface area contributed by atoms with E-state index in [9.17, 15) is 14.4 Å². The number of aryl methyl sites for hydroxylation is 1. The zero-order valence-corrected chi connectivity index (χ0v) is 13.6. The van der Waals surface area contributed by atoms with Crippen molar-refractivity contribution in [3.63, 3.8) is 0 Å². The van der Waals surface area contributed by atoms with E-state index in [0.717, 1.165) is 11.1 Å². The van der Waals surface area contributed by atoms with Crippen LogP contribution < -0.4 is 15.4 Å². The van der Waals surface area contributed by atoms with Gasteiger partial charge in [-0.2, -0.15) is 0 Å². The average molecular weight is 318 g/mol. The first kappa shape index (κ1) is 17.0. The lowest BCUT2D eigenvalue weighted by Gasteiger charge is -2.22. The van der Waals surface area contributed by atoms with Crippen LogP contribution in [0.2, 0.25) is 0 Å². The van der Waals surface area contributed by atoms with Gasteiger partial charge in [-0.1, -0.05) is 26.0 Å². The van der Waals surface area contributed by atoms with Gasteiger partial charge in [0.25, 0.3) is 5.91 Å². The molecule has 0 radical (unpaired) electrons. The SMILES string of the molecule is Cc1ccc(C(C)C)c(OCC(=O)NC2CCC(=O)NC2=O)c1. The van der Waals surface area contributed by atoms with Gasteiger partial charge >= 0.3 is 0 Å². The summed E-state index contributed by atoms with van der Waals surface area (Å²) < 4.78 is 5.63. The summed E-state index contributed by atoms with van der Waals surface area (Å²) >= 11 is 0. The Hall–Kier alpha value is -2.37. The highest BCUT2D eigenvalue weighted by Gasteiger charge is 2.27. The number of amides is 3. The van der Waals surface area contributed by atoms with Gasteiger partial charge in [0, 0.05) is 6.42 Å². The van der Waals surface area contributed by atoms with E-state index in [2.05, 4.69) is 24.5 Å². The van der Waals surface area contributed by atoms with Crippen LogP contribution in [0.15, 0.2) is 18.2 Å². The number of ether oxygens (including phenoxy) is 1. The average Bonchev–Trinajstić information content (AvgIpc) is 2.48. The minimum Gasteiger partial charge on any atom is -0.483 e. The van der Waals surface area contributed by atoms with Crippen LogP contribution in [0.3, 0.4) is 0 Å². The van der Waals surface area contributed by atoms with Crippen molar-refractivity contribution in [1.29, 1.82) is 0 Å². The molecule has 2 rings (SSSR count). The number of hydrogen-bond donors (Lipinski definition) is 2. The van der Waals surface area contributed by atoms with E-state index < -0.39 is 11.9 Å². The minimum absolute atomic E-state index is 0.166. The summed E-state index contributed by atoms with van der Waals surface area (Å²) in [5, 5.41) is 4.80. The van der Waals surface area contributed by atoms with Crippen LogP contribution in [0.1, 0.15) is 43.7 Å². The van der Waals surface area contributed by atoms with E-state index in [1.54, 1.807) is 0 Å². The predicted molar refractivity (Wildman–Crippen MR) is 85.1 cm³/mol. The van der Waals surface area contributed by atoms with Crippen molar-refractivity contribution in [2.75, 3.05) is 6.61 Å². The van der Waals surface area contributed by atoms with Gasteiger partial charge in [-0.15, -0.1) is 0 Å². The van der Waals surface area contributed by atoms with Gasteiger partial charge in [0.1, 0.15) is 11.8 Å². The number of piperidine rings is 1. The molecular formula is C17H22N2O4. The fraction of sp³-hybridized carbons (Fsp3) is 0.471. The van der Waals surface area contributed by atoms with E-state index in [4.69, 9.17) is 4.74 Å². The zero-order valence-electron chi connectivity index (χ0n) is 13.6. The molecule has 1 unspecified atom stereocenters. The summed E-state index contributed by atoms with van der Waals surface area (Å²) in [7, 11) is 0.